The zero-order valence-electron chi connectivity index (χ0n) is 8.12. The minimum atomic E-state index is -0.133. The molecular weight excluding hydrogens is 200 g/mol. The molecule has 0 aliphatic carbocycles. The number of ether oxygens (including phenoxy) is 1. The third kappa shape index (κ3) is 1.87. The average molecular weight is 214 g/mol. The van der Waals surface area contributed by atoms with E-state index in [0.29, 0.717) is 13.2 Å². The zero-order chi connectivity index (χ0) is 10.0. The molecule has 0 aromatic carbocycles. The maximum absolute atomic E-state index is 5.74. The number of hydrogen-bond acceptors (Lipinski definition) is 6. The van der Waals surface area contributed by atoms with E-state index in [9.17, 15) is 0 Å². The number of nitrogens with two attached hydrogens (primary N) is 1. The molecule has 1 unspecified atom stereocenters. The lowest BCUT2D eigenvalue weighted by molar-refractivity contribution is 0.183. The quantitative estimate of drug-likeness (QED) is 0.761. The Morgan fingerprint density at radius 3 is 3.00 bits per heavy atom. The second-order valence-corrected chi connectivity index (χ2v) is 4.72. The van der Waals surface area contributed by atoms with E-state index in [1.165, 1.54) is 0 Å². The molecular formula is C8H14N4OS. The summed E-state index contributed by atoms with van der Waals surface area (Å²) in [5.74, 6) is 0. The molecule has 1 aromatic rings. The second-order valence-electron chi connectivity index (χ2n) is 3.54. The summed E-state index contributed by atoms with van der Waals surface area (Å²) in [6, 6.07) is 0. The van der Waals surface area contributed by atoms with Crippen LogP contribution in [-0.4, -0.2) is 35.5 Å². The van der Waals surface area contributed by atoms with E-state index < -0.39 is 0 Å². The van der Waals surface area contributed by atoms with E-state index in [2.05, 4.69) is 15.5 Å². The highest BCUT2D eigenvalue weighted by Gasteiger charge is 2.34. The summed E-state index contributed by atoms with van der Waals surface area (Å²) in [6.07, 6.45) is 0.933. The molecule has 1 fully saturated rings. The Balaban J connectivity index is 2.08. The Bertz CT molecular complexity index is 308. The molecule has 1 aliphatic rings. The van der Waals surface area contributed by atoms with Crippen LogP contribution >= 0.6 is 11.3 Å². The number of aryl methyl sites for hydroxylation is 1. The molecule has 5 nitrogen and oxygen atoms in total. The molecule has 2 heterocycles. The monoisotopic (exact) mass is 214 g/mol. The van der Waals surface area contributed by atoms with Gasteiger partial charge in [0, 0.05) is 13.2 Å². The summed E-state index contributed by atoms with van der Waals surface area (Å²) in [6.45, 7) is 3.92. The van der Waals surface area contributed by atoms with Gasteiger partial charge in [-0.05, 0) is 13.3 Å². The predicted molar refractivity (Wildman–Crippen MR) is 55.5 cm³/mol. The lowest BCUT2D eigenvalue weighted by Crippen LogP contribution is -2.46. The molecule has 0 amide bonds. The topological polar surface area (TPSA) is 73.1 Å². The molecule has 78 valence electrons. The first-order valence-electron chi connectivity index (χ1n) is 4.60. The fourth-order valence-corrected chi connectivity index (χ4v) is 2.20. The Labute approximate surface area is 86.7 Å². The Morgan fingerprint density at radius 1 is 1.64 bits per heavy atom. The first kappa shape index (κ1) is 9.82. The maximum Gasteiger partial charge on any atom is 0.206 e. The molecule has 2 rings (SSSR count). The van der Waals surface area contributed by atoms with E-state index in [1.54, 1.807) is 11.3 Å². The van der Waals surface area contributed by atoms with Crippen molar-refractivity contribution in [1.82, 2.24) is 10.2 Å². The largest absolute Gasteiger partial charge is 0.379 e. The lowest BCUT2D eigenvalue weighted by atomic mass is 10.00. The highest BCUT2D eigenvalue weighted by molar-refractivity contribution is 7.15. The number of rotatable bonds is 3. The van der Waals surface area contributed by atoms with E-state index >= 15 is 0 Å². The Kier molecular flexibility index (Phi) is 2.66. The first-order chi connectivity index (χ1) is 6.74. The van der Waals surface area contributed by atoms with Crippen molar-refractivity contribution in [2.45, 2.75) is 18.9 Å². The summed E-state index contributed by atoms with van der Waals surface area (Å²) < 4.78 is 5.34. The summed E-state index contributed by atoms with van der Waals surface area (Å²) >= 11 is 1.54. The minimum Gasteiger partial charge on any atom is -0.379 e. The molecule has 1 atom stereocenters. The summed E-state index contributed by atoms with van der Waals surface area (Å²) in [4.78, 5) is 0. The van der Waals surface area contributed by atoms with Gasteiger partial charge >= 0.3 is 0 Å². The van der Waals surface area contributed by atoms with Crippen molar-refractivity contribution in [2.75, 3.05) is 25.1 Å². The van der Waals surface area contributed by atoms with Gasteiger partial charge in [-0.1, -0.05) is 11.3 Å². The molecule has 0 spiro atoms. The van der Waals surface area contributed by atoms with Gasteiger partial charge in [0.15, 0.2) is 0 Å². The fourth-order valence-electron chi connectivity index (χ4n) is 1.49. The summed E-state index contributed by atoms with van der Waals surface area (Å²) in [5, 5.41) is 13.1. The van der Waals surface area contributed by atoms with E-state index in [1.807, 2.05) is 6.92 Å². The number of anilines is 1. The van der Waals surface area contributed by atoms with Crippen LogP contribution in [0, 0.1) is 6.92 Å². The number of nitrogens with one attached hydrogen (secondary N) is 1. The van der Waals surface area contributed by atoms with Crippen molar-refractivity contribution in [1.29, 1.82) is 0 Å². The average Bonchev–Trinajstić information content (AvgIpc) is 2.77. The molecule has 0 saturated carbocycles. The third-order valence-electron chi connectivity index (χ3n) is 2.39. The van der Waals surface area contributed by atoms with Gasteiger partial charge in [0.25, 0.3) is 0 Å². The molecule has 14 heavy (non-hydrogen) atoms. The molecule has 1 aliphatic heterocycles. The number of hydrogen-bond donors (Lipinski definition) is 2. The Morgan fingerprint density at radius 2 is 2.50 bits per heavy atom. The van der Waals surface area contributed by atoms with Crippen molar-refractivity contribution in [3.63, 3.8) is 0 Å². The van der Waals surface area contributed by atoms with Gasteiger partial charge in [0.2, 0.25) is 5.13 Å². The minimum absolute atomic E-state index is 0.133. The fraction of sp³-hybridized carbons (Fsp3) is 0.750. The summed E-state index contributed by atoms with van der Waals surface area (Å²) in [5.41, 5.74) is 5.60. The predicted octanol–water partition coefficient (Wildman–Crippen LogP) is 0.376. The lowest BCUT2D eigenvalue weighted by Gasteiger charge is -2.26. The third-order valence-corrected chi connectivity index (χ3v) is 3.15. The van der Waals surface area contributed by atoms with Crippen molar-refractivity contribution < 1.29 is 4.74 Å². The van der Waals surface area contributed by atoms with Crippen LogP contribution in [0.25, 0.3) is 0 Å². The van der Waals surface area contributed by atoms with Crippen molar-refractivity contribution >= 4 is 16.5 Å². The molecule has 0 bridgehead atoms. The van der Waals surface area contributed by atoms with Gasteiger partial charge in [-0.2, -0.15) is 0 Å². The van der Waals surface area contributed by atoms with Crippen LogP contribution < -0.4 is 11.1 Å². The maximum atomic E-state index is 5.74. The van der Waals surface area contributed by atoms with Gasteiger partial charge in [-0.25, -0.2) is 0 Å². The molecule has 3 N–H and O–H groups in total. The van der Waals surface area contributed by atoms with Gasteiger partial charge in [-0.15, -0.1) is 10.2 Å². The smallest absolute Gasteiger partial charge is 0.206 e. The number of aromatic nitrogens is 2. The van der Waals surface area contributed by atoms with Crippen molar-refractivity contribution in [2.24, 2.45) is 5.73 Å². The molecule has 0 radical (unpaired) electrons. The van der Waals surface area contributed by atoms with Crippen molar-refractivity contribution in [3.8, 4) is 0 Å². The standard InChI is InChI=1S/C8H14N4OS/c1-6-11-12-7(14-6)10-8(4-9)2-3-13-5-8/h2-5,9H2,1H3,(H,10,12). The summed E-state index contributed by atoms with van der Waals surface area (Å²) in [7, 11) is 0. The second kappa shape index (κ2) is 3.80. The zero-order valence-corrected chi connectivity index (χ0v) is 8.93. The SMILES string of the molecule is Cc1nnc(NC2(CN)CCOC2)s1. The van der Waals surface area contributed by atoms with Gasteiger partial charge in [-0.3, -0.25) is 0 Å². The van der Waals surface area contributed by atoms with Crippen LogP contribution in [0.1, 0.15) is 11.4 Å². The molecule has 1 saturated heterocycles. The van der Waals surface area contributed by atoms with Crippen LogP contribution in [0.5, 0.6) is 0 Å². The van der Waals surface area contributed by atoms with Crippen LogP contribution in [0.3, 0.4) is 0 Å². The first-order valence-corrected chi connectivity index (χ1v) is 5.42. The van der Waals surface area contributed by atoms with Crippen LogP contribution in [-0.2, 0) is 4.74 Å². The van der Waals surface area contributed by atoms with Crippen LogP contribution in [0.15, 0.2) is 0 Å². The molecule has 1 aromatic heterocycles. The van der Waals surface area contributed by atoms with Gasteiger partial charge in [0.05, 0.1) is 12.1 Å². The highest BCUT2D eigenvalue weighted by Crippen LogP contribution is 2.25. The van der Waals surface area contributed by atoms with E-state index in [4.69, 9.17) is 10.5 Å². The van der Waals surface area contributed by atoms with Gasteiger partial charge < -0.3 is 15.8 Å². The van der Waals surface area contributed by atoms with Gasteiger partial charge in [0.1, 0.15) is 5.01 Å². The number of nitrogens with zero attached hydrogens (tertiary/aromatic N) is 2. The van der Waals surface area contributed by atoms with Crippen molar-refractivity contribution in [3.05, 3.63) is 5.01 Å². The highest BCUT2D eigenvalue weighted by atomic mass is 32.1. The Hall–Kier alpha value is -0.720. The normalized spacial score (nSPS) is 26.7. The van der Waals surface area contributed by atoms with E-state index in [0.717, 1.165) is 23.2 Å². The molecule has 6 heteroatoms. The van der Waals surface area contributed by atoms with Crippen LogP contribution in [0.4, 0.5) is 5.13 Å². The van der Waals surface area contributed by atoms with Crippen LogP contribution in [0.2, 0.25) is 0 Å². The van der Waals surface area contributed by atoms with E-state index in [-0.39, 0.29) is 5.54 Å².